The molecule has 20 heavy (non-hydrogen) atoms. The maximum atomic E-state index is 5.94. The van der Waals surface area contributed by atoms with Crippen LogP contribution in [0.4, 0.5) is 0 Å². The summed E-state index contributed by atoms with van der Waals surface area (Å²) in [4.78, 5) is 2.52. The lowest BCUT2D eigenvalue weighted by atomic mass is 9.76. The van der Waals surface area contributed by atoms with Crippen LogP contribution in [0.1, 0.15) is 43.6 Å². The number of rotatable bonds is 4. The van der Waals surface area contributed by atoms with E-state index in [4.69, 9.17) is 11.6 Å². The van der Waals surface area contributed by atoms with Gasteiger partial charge < -0.3 is 10.2 Å². The fourth-order valence-corrected chi connectivity index (χ4v) is 3.62. The van der Waals surface area contributed by atoms with E-state index in [2.05, 4.69) is 29.4 Å². The molecule has 3 rings (SSSR count). The van der Waals surface area contributed by atoms with Crippen molar-refractivity contribution in [1.82, 2.24) is 10.2 Å². The molecule has 0 radical (unpaired) electrons. The number of piperidine rings is 1. The second-order valence-corrected chi connectivity index (χ2v) is 6.89. The molecule has 110 valence electrons. The molecule has 0 spiro atoms. The first kappa shape index (κ1) is 14.4. The lowest BCUT2D eigenvalue weighted by Crippen LogP contribution is -2.48. The molecule has 2 aliphatic rings. The van der Waals surface area contributed by atoms with Crippen LogP contribution >= 0.6 is 11.6 Å². The molecule has 1 aromatic rings. The van der Waals surface area contributed by atoms with Crippen molar-refractivity contribution in [2.75, 3.05) is 20.1 Å². The van der Waals surface area contributed by atoms with E-state index in [1.54, 1.807) is 0 Å². The molecular formula is C17H25ClN2. The molecule has 1 unspecified atom stereocenters. The largest absolute Gasteiger partial charge is 0.312 e. The fourth-order valence-electron chi connectivity index (χ4n) is 3.50. The quantitative estimate of drug-likeness (QED) is 0.911. The number of hydrogen-bond acceptors (Lipinski definition) is 2. The van der Waals surface area contributed by atoms with E-state index in [1.165, 1.54) is 44.2 Å². The van der Waals surface area contributed by atoms with Gasteiger partial charge in [0.2, 0.25) is 0 Å². The number of hydrogen-bond donors (Lipinski definition) is 1. The first-order chi connectivity index (χ1) is 9.72. The molecule has 1 heterocycles. The van der Waals surface area contributed by atoms with Gasteiger partial charge >= 0.3 is 0 Å². The van der Waals surface area contributed by atoms with Crippen molar-refractivity contribution in [1.29, 1.82) is 0 Å². The van der Waals surface area contributed by atoms with Crippen LogP contribution in [0.3, 0.4) is 0 Å². The zero-order chi connectivity index (χ0) is 13.9. The van der Waals surface area contributed by atoms with Crippen LogP contribution in [0, 0.1) is 0 Å². The number of nitrogens with one attached hydrogen (secondary N) is 1. The van der Waals surface area contributed by atoms with Crippen molar-refractivity contribution in [3.8, 4) is 0 Å². The molecule has 0 aromatic heterocycles. The van der Waals surface area contributed by atoms with Gasteiger partial charge in [-0.3, -0.25) is 0 Å². The summed E-state index contributed by atoms with van der Waals surface area (Å²) in [7, 11) is 2.27. The maximum Gasteiger partial charge on any atom is 0.0406 e. The zero-order valence-electron chi connectivity index (χ0n) is 12.3. The summed E-state index contributed by atoms with van der Waals surface area (Å²) >= 11 is 5.94. The third-order valence-corrected chi connectivity index (χ3v) is 5.30. The molecule has 0 bridgehead atoms. The Bertz CT molecular complexity index is 425. The highest BCUT2D eigenvalue weighted by Gasteiger charge is 2.30. The predicted octanol–water partition coefficient (Wildman–Crippen LogP) is 3.66. The van der Waals surface area contributed by atoms with Gasteiger partial charge in [0.05, 0.1) is 0 Å². The summed E-state index contributed by atoms with van der Waals surface area (Å²) in [6.07, 6.45) is 6.68. The Morgan fingerprint density at radius 2 is 1.95 bits per heavy atom. The highest BCUT2D eigenvalue weighted by molar-refractivity contribution is 6.30. The predicted molar refractivity (Wildman–Crippen MR) is 85.5 cm³/mol. The topological polar surface area (TPSA) is 15.3 Å². The Morgan fingerprint density at radius 3 is 2.65 bits per heavy atom. The Morgan fingerprint density at radius 1 is 1.20 bits per heavy atom. The van der Waals surface area contributed by atoms with Gasteiger partial charge in [-0.25, -0.2) is 0 Å². The van der Waals surface area contributed by atoms with Crippen LogP contribution in [0.25, 0.3) is 0 Å². The van der Waals surface area contributed by atoms with E-state index in [9.17, 15) is 0 Å². The van der Waals surface area contributed by atoms with Gasteiger partial charge in [0.15, 0.2) is 0 Å². The molecule has 1 N–H and O–H groups in total. The van der Waals surface area contributed by atoms with Crippen LogP contribution in [-0.4, -0.2) is 37.1 Å². The summed E-state index contributed by atoms with van der Waals surface area (Å²) in [6.45, 7) is 2.43. The minimum absolute atomic E-state index is 0.714. The van der Waals surface area contributed by atoms with Gasteiger partial charge in [-0.05, 0) is 62.9 Å². The van der Waals surface area contributed by atoms with Crippen molar-refractivity contribution >= 4 is 11.6 Å². The number of likely N-dealkylation sites (tertiary alicyclic amines) is 1. The number of likely N-dealkylation sites (N-methyl/N-ethyl adjacent to an activating group) is 1. The van der Waals surface area contributed by atoms with Gasteiger partial charge in [-0.2, -0.15) is 0 Å². The van der Waals surface area contributed by atoms with Gasteiger partial charge in [0.1, 0.15) is 0 Å². The van der Waals surface area contributed by atoms with Gasteiger partial charge in [-0.1, -0.05) is 30.2 Å². The van der Waals surface area contributed by atoms with E-state index >= 15 is 0 Å². The molecule has 1 aliphatic heterocycles. The van der Waals surface area contributed by atoms with Crippen LogP contribution in [0.5, 0.6) is 0 Å². The lowest BCUT2D eigenvalue weighted by molar-refractivity contribution is 0.166. The average molecular weight is 293 g/mol. The van der Waals surface area contributed by atoms with Crippen molar-refractivity contribution in [2.45, 2.75) is 50.1 Å². The van der Waals surface area contributed by atoms with Crippen LogP contribution in [0.15, 0.2) is 24.3 Å². The van der Waals surface area contributed by atoms with Gasteiger partial charge in [0.25, 0.3) is 0 Å². The van der Waals surface area contributed by atoms with Crippen molar-refractivity contribution in [2.24, 2.45) is 0 Å². The number of benzene rings is 1. The molecule has 0 amide bonds. The molecule has 3 heteroatoms. The summed E-state index contributed by atoms with van der Waals surface area (Å²) in [6, 6.07) is 9.84. The molecule has 2 fully saturated rings. The number of nitrogens with zero attached hydrogens (tertiary/aromatic N) is 1. The summed E-state index contributed by atoms with van der Waals surface area (Å²) < 4.78 is 0. The highest BCUT2D eigenvalue weighted by atomic mass is 35.5. The normalized spacial score (nSPS) is 31.0. The van der Waals surface area contributed by atoms with E-state index in [0.29, 0.717) is 6.04 Å². The minimum atomic E-state index is 0.714. The molecule has 1 aromatic carbocycles. The number of halogens is 1. The van der Waals surface area contributed by atoms with E-state index in [-0.39, 0.29) is 0 Å². The zero-order valence-corrected chi connectivity index (χ0v) is 13.1. The first-order valence-electron chi connectivity index (χ1n) is 7.91. The average Bonchev–Trinajstić information content (AvgIpc) is 2.41. The maximum absolute atomic E-state index is 5.94. The molecule has 1 saturated carbocycles. The molecule has 1 saturated heterocycles. The van der Waals surface area contributed by atoms with Gasteiger partial charge in [0, 0.05) is 23.7 Å². The van der Waals surface area contributed by atoms with Crippen molar-refractivity contribution in [3.05, 3.63) is 34.9 Å². The minimum Gasteiger partial charge on any atom is -0.312 e. The molecule has 2 nitrogen and oxygen atoms in total. The lowest BCUT2D eigenvalue weighted by Gasteiger charge is -2.39. The van der Waals surface area contributed by atoms with Crippen molar-refractivity contribution in [3.63, 3.8) is 0 Å². The van der Waals surface area contributed by atoms with Crippen LogP contribution in [-0.2, 0) is 0 Å². The third-order valence-electron chi connectivity index (χ3n) is 5.04. The second kappa shape index (κ2) is 6.46. The standard InChI is InChI=1S/C17H25ClN2/c1-20-9-3-2-4-17(20)12-19-16-10-14(11-16)13-5-7-15(18)8-6-13/h5-8,14,16-17,19H,2-4,9-12H2,1H3. The van der Waals surface area contributed by atoms with E-state index < -0.39 is 0 Å². The summed E-state index contributed by atoms with van der Waals surface area (Å²) in [5, 5.41) is 4.60. The highest BCUT2D eigenvalue weighted by Crippen LogP contribution is 2.37. The second-order valence-electron chi connectivity index (χ2n) is 6.46. The molecular weight excluding hydrogens is 268 g/mol. The SMILES string of the molecule is CN1CCCCC1CNC1CC(c2ccc(Cl)cc2)C1. The van der Waals surface area contributed by atoms with Gasteiger partial charge in [-0.15, -0.1) is 0 Å². The Balaban J connectivity index is 1.41. The first-order valence-corrected chi connectivity index (χ1v) is 8.29. The smallest absolute Gasteiger partial charge is 0.0406 e. The van der Waals surface area contributed by atoms with Crippen LogP contribution in [0.2, 0.25) is 5.02 Å². The van der Waals surface area contributed by atoms with E-state index in [1.807, 2.05) is 12.1 Å². The van der Waals surface area contributed by atoms with Crippen LogP contribution < -0.4 is 5.32 Å². The monoisotopic (exact) mass is 292 g/mol. The summed E-state index contributed by atoms with van der Waals surface area (Å²) in [5.74, 6) is 0.730. The van der Waals surface area contributed by atoms with Crippen molar-refractivity contribution < 1.29 is 0 Å². The Hall–Kier alpha value is -0.570. The summed E-state index contributed by atoms with van der Waals surface area (Å²) in [5.41, 5.74) is 1.45. The molecule has 1 aliphatic carbocycles. The Kier molecular flexibility index (Phi) is 4.65. The third kappa shape index (κ3) is 3.36. The fraction of sp³-hybridized carbons (Fsp3) is 0.647. The van der Waals surface area contributed by atoms with E-state index in [0.717, 1.165) is 23.5 Å². The molecule has 1 atom stereocenters. The Labute approximate surface area is 127 Å².